The van der Waals surface area contributed by atoms with E-state index in [0.717, 1.165) is 28.0 Å². The molecule has 14 heteroatoms. The first kappa shape index (κ1) is 25.6. The van der Waals surface area contributed by atoms with Crippen LogP contribution in [0.15, 0.2) is 81.2 Å². The van der Waals surface area contributed by atoms with Crippen LogP contribution in [0, 0.1) is 16.0 Å². The average Bonchev–Trinajstić information content (AvgIpc) is 3.63. The van der Waals surface area contributed by atoms with E-state index in [1.54, 1.807) is 12.1 Å². The first-order valence-electron chi connectivity index (χ1n) is 11.9. The van der Waals surface area contributed by atoms with E-state index in [0.29, 0.717) is 21.4 Å². The van der Waals surface area contributed by atoms with Crippen LogP contribution in [-0.4, -0.2) is 37.6 Å². The summed E-state index contributed by atoms with van der Waals surface area (Å²) in [6, 6.07) is 14.3. The van der Waals surface area contributed by atoms with Gasteiger partial charge in [-0.25, -0.2) is 4.90 Å². The summed E-state index contributed by atoms with van der Waals surface area (Å²) in [5.74, 6) is -2.76. The number of phenols is 1. The lowest BCUT2D eigenvalue weighted by Crippen LogP contribution is -2.32. The smallest absolute Gasteiger partial charge is 0.308 e. The number of nitro groups is 1. The van der Waals surface area contributed by atoms with Crippen LogP contribution in [0.5, 0.6) is 5.75 Å². The topological polar surface area (TPSA) is 165 Å². The fraction of sp³-hybridized carbons (Fsp3) is 0.154. The van der Waals surface area contributed by atoms with Crippen molar-refractivity contribution in [1.82, 2.24) is 4.57 Å². The minimum Gasteiger partial charge on any atom is -0.508 e. The van der Waals surface area contributed by atoms with Gasteiger partial charge in [-0.15, -0.1) is 0 Å². The van der Waals surface area contributed by atoms with Gasteiger partial charge >= 0.3 is 4.87 Å². The van der Waals surface area contributed by atoms with Crippen molar-refractivity contribution in [3.63, 3.8) is 0 Å². The third-order valence-electron chi connectivity index (χ3n) is 6.67. The number of rotatable bonds is 6. The van der Waals surface area contributed by atoms with E-state index in [9.17, 15) is 34.4 Å². The van der Waals surface area contributed by atoms with Crippen molar-refractivity contribution in [2.75, 3.05) is 10.2 Å². The molecule has 1 saturated heterocycles. The number of aromatic hydroxyl groups is 1. The van der Waals surface area contributed by atoms with E-state index in [4.69, 9.17) is 4.42 Å². The highest BCUT2D eigenvalue weighted by Crippen LogP contribution is 2.54. The Morgan fingerprint density at radius 1 is 1.05 bits per heavy atom. The number of hydrogen-bond acceptors (Lipinski definition) is 10. The van der Waals surface area contributed by atoms with Crippen molar-refractivity contribution in [2.24, 2.45) is 5.92 Å². The third kappa shape index (κ3) is 4.26. The highest BCUT2D eigenvalue weighted by Gasteiger charge is 2.57. The Morgan fingerprint density at radius 3 is 2.42 bits per heavy atom. The van der Waals surface area contributed by atoms with Gasteiger partial charge in [0.1, 0.15) is 23.3 Å². The molecule has 4 heterocycles. The Hall–Kier alpha value is -4.69. The monoisotopic (exact) mass is 578 g/mol. The number of furan rings is 1. The Balaban J connectivity index is 1.36. The van der Waals surface area contributed by atoms with Gasteiger partial charge in [0.2, 0.25) is 17.7 Å². The number of benzene rings is 2. The van der Waals surface area contributed by atoms with Crippen LogP contribution in [0.3, 0.4) is 0 Å². The Kier molecular flexibility index (Phi) is 6.27. The zero-order valence-corrected chi connectivity index (χ0v) is 21.9. The van der Waals surface area contributed by atoms with Crippen molar-refractivity contribution in [3.05, 3.63) is 97.3 Å². The molecular weight excluding hydrogens is 560 g/mol. The molecule has 2 aromatic carbocycles. The van der Waals surface area contributed by atoms with Crippen LogP contribution in [0.4, 0.5) is 17.1 Å². The molecule has 2 N–H and O–H groups in total. The quantitative estimate of drug-likeness (QED) is 0.151. The van der Waals surface area contributed by atoms with Gasteiger partial charge in [-0.05, 0) is 48.5 Å². The molecule has 0 aliphatic carbocycles. The lowest BCUT2D eigenvalue weighted by Gasteiger charge is -2.29. The molecule has 12 nitrogen and oxygen atoms in total. The number of amides is 3. The van der Waals surface area contributed by atoms with Crippen LogP contribution in [0.25, 0.3) is 0 Å². The number of aromatic nitrogens is 1. The zero-order valence-electron chi connectivity index (χ0n) is 20.3. The number of hydrogen-bond donors (Lipinski definition) is 2. The number of phenolic OH excluding ortho intramolecular Hbond substituents is 1. The summed E-state index contributed by atoms with van der Waals surface area (Å²) in [7, 11) is 0. The highest BCUT2D eigenvalue weighted by atomic mass is 32.2. The van der Waals surface area contributed by atoms with Crippen LogP contribution in [-0.2, 0) is 20.9 Å². The number of carbonyl (C=O) groups is 3. The zero-order chi connectivity index (χ0) is 28.1. The summed E-state index contributed by atoms with van der Waals surface area (Å²) in [6.45, 7) is -0.338. The van der Waals surface area contributed by atoms with Crippen LogP contribution in [0.1, 0.15) is 16.6 Å². The maximum absolute atomic E-state index is 13.7. The summed E-state index contributed by atoms with van der Waals surface area (Å²) in [4.78, 5) is 64.9. The first-order chi connectivity index (χ1) is 19.2. The molecule has 0 radical (unpaired) electrons. The molecule has 2 aliphatic heterocycles. The Labute approximate surface area is 233 Å². The van der Waals surface area contributed by atoms with E-state index in [-0.39, 0.29) is 23.7 Å². The van der Waals surface area contributed by atoms with Gasteiger partial charge in [0, 0.05) is 17.8 Å². The number of anilines is 2. The predicted molar refractivity (Wildman–Crippen MR) is 145 cm³/mol. The third-order valence-corrected chi connectivity index (χ3v) is 9.27. The van der Waals surface area contributed by atoms with Gasteiger partial charge in [0.05, 0.1) is 38.6 Å². The molecule has 0 bridgehead atoms. The minimum absolute atomic E-state index is 0.0367. The van der Waals surface area contributed by atoms with Crippen LogP contribution < -0.4 is 15.1 Å². The Morgan fingerprint density at radius 2 is 1.77 bits per heavy atom. The number of fused-ring (bicyclic) bond motifs is 2. The number of nitrogens with zero attached hydrogens (tertiary/aromatic N) is 3. The Bertz CT molecular complexity index is 1710. The number of non-ortho nitro benzene ring substituents is 1. The molecule has 3 atom stereocenters. The normalized spacial score (nSPS) is 19.8. The van der Waals surface area contributed by atoms with Crippen molar-refractivity contribution >= 4 is 57.9 Å². The number of thioether (sulfide) groups is 1. The minimum atomic E-state index is -0.925. The maximum Gasteiger partial charge on any atom is 0.308 e. The molecule has 0 spiro atoms. The average molecular weight is 579 g/mol. The van der Waals surface area contributed by atoms with Crippen molar-refractivity contribution in [3.8, 4) is 5.75 Å². The van der Waals surface area contributed by atoms with Crippen molar-refractivity contribution in [2.45, 2.75) is 22.7 Å². The van der Waals surface area contributed by atoms with E-state index in [1.807, 2.05) is 0 Å². The van der Waals surface area contributed by atoms with Crippen LogP contribution in [0.2, 0.25) is 0 Å². The second-order valence-electron chi connectivity index (χ2n) is 9.06. The standard InChI is InChI=1S/C26H18N4O8S2/c31-16-9-3-13(4-10-16)27-18(32)12-28-25-22(40-26(28)35)19(17-2-1-11-38-17)20-21(39-25)24(34)29(23(20)33)14-5-7-15(8-6-14)30(36)37/h1-11,19-21,31H,12H2,(H,27,32). The van der Waals surface area contributed by atoms with E-state index >= 15 is 0 Å². The number of nitro benzene ring substituents is 1. The van der Waals surface area contributed by atoms with Crippen LogP contribution >= 0.6 is 23.1 Å². The SMILES string of the molecule is O=C(Cn1c2c(sc1=O)C(c1ccco1)C1C(=O)N(c3ccc([N+](=O)[O-])cc3)C(=O)C1S2)Nc1ccc(O)cc1. The van der Waals surface area contributed by atoms with Gasteiger partial charge < -0.3 is 14.8 Å². The fourth-order valence-corrected chi connectivity index (χ4v) is 7.65. The number of carbonyl (C=O) groups excluding carboxylic acids is 3. The molecule has 3 amide bonds. The van der Waals surface area contributed by atoms with E-state index in [1.165, 1.54) is 59.4 Å². The second-order valence-corrected chi connectivity index (χ2v) is 11.2. The number of thiazole rings is 1. The molecule has 2 aliphatic rings. The van der Waals surface area contributed by atoms with Gasteiger partial charge in [-0.2, -0.15) is 0 Å². The number of nitrogens with one attached hydrogen (secondary N) is 1. The molecule has 2 aromatic heterocycles. The van der Waals surface area contributed by atoms with Gasteiger partial charge in [0.25, 0.3) is 5.69 Å². The summed E-state index contributed by atoms with van der Waals surface area (Å²) in [6.07, 6.45) is 1.44. The summed E-state index contributed by atoms with van der Waals surface area (Å²) in [5.41, 5.74) is 0.444. The van der Waals surface area contributed by atoms with Crippen molar-refractivity contribution in [1.29, 1.82) is 0 Å². The lowest BCUT2D eigenvalue weighted by molar-refractivity contribution is -0.384. The number of imide groups is 1. The molecule has 40 heavy (non-hydrogen) atoms. The highest BCUT2D eigenvalue weighted by molar-refractivity contribution is 8.00. The summed E-state index contributed by atoms with van der Waals surface area (Å²) < 4.78 is 6.93. The van der Waals surface area contributed by atoms with Gasteiger partial charge in [0.15, 0.2) is 0 Å². The molecule has 1 fully saturated rings. The molecular formula is C26H18N4O8S2. The van der Waals surface area contributed by atoms with E-state index in [2.05, 4.69) is 5.32 Å². The molecule has 3 unspecified atom stereocenters. The molecule has 4 aromatic rings. The second kappa shape index (κ2) is 9.81. The fourth-order valence-electron chi connectivity index (χ4n) is 4.90. The predicted octanol–water partition coefficient (Wildman–Crippen LogP) is 3.55. The van der Waals surface area contributed by atoms with Gasteiger partial charge in [-0.1, -0.05) is 23.1 Å². The lowest BCUT2D eigenvalue weighted by atomic mass is 9.87. The molecule has 0 saturated carbocycles. The summed E-state index contributed by atoms with van der Waals surface area (Å²) in [5, 5.41) is 22.7. The van der Waals surface area contributed by atoms with Gasteiger partial charge in [-0.3, -0.25) is 33.9 Å². The molecule has 6 rings (SSSR count). The molecule has 202 valence electrons. The largest absolute Gasteiger partial charge is 0.508 e. The van der Waals surface area contributed by atoms with Crippen molar-refractivity contribution < 1.29 is 28.8 Å². The first-order valence-corrected chi connectivity index (χ1v) is 13.6. The van der Waals surface area contributed by atoms with E-state index < -0.39 is 44.6 Å². The maximum atomic E-state index is 13.7. The summed E-state index contributed by atoms with van der Waals surface area (Å²) >= 11 is 1.93.